The molecule has 6 aliphatic heterocycles. The van der Waals surface area contributed by atoms with Crippen molar-refractivity contribution in [2.24, 2.45) is 30.0 Å². The van der Waals surface area contributed by atoms with E-state index in [1.54, 1.807) is 0 Å². The van der Waals surface area contributed by atoms with Gasteiger partial charge in [0.05, 0.1) is 39.6 Å². The number of hydrogen-bond acceptors (Lipinski definition) is 12. The minimum absolute atomic E-state index is 0.361. The Kier molecular flexibility index (Phi) is 8.47. The fraction of sp³-hybridized carbons (Fsp3) is 0.273. The molecule has 8 heterocycles. The number of amidine groups is 4. The van der Waals surface area contributed by atoms with Crippen LogP contribution < -0.4 is 11.0 Å². The predicted molar refractivity (Wildman–Crippen MR) is 228 cm³/mol. The van der Waals surface area contributed by atoms with Crippen LogP contribution in [-0.4, -0.2) is 129 Å². The van der Waals surface area contributed by atoms with E-state index in [0.29, 0.717) is 98.7 Å². The maximum atomic E-state index is 7.67. The van der Waals surface area contributed by atoms with E-state index in [2.05, 4.69) is 66.8 Å². The zero-order valence-electron chi connectivity index (χ0n) is 32.3. The van der Waals surface area contributed by atoms with Crippen molar-refractivity contribution in [1.29, 1.82) is 0 Å². The summed E-state index contributed by atoms with van der Waals surface area (Å²) in [5.74, 6) is 3.57. The van der Waals surface area contributed by atoms with Gasteiger partial charge in [0.15, 0.2) is 23.3 Å². The summed E-state index contributed by atoms with van der Waals surface area (Å²) in [7, 11) is -4.17. The molecule has 0 spiro atoms. The summed E-state index contributed by atoms with van der Waals surface area (Å²) in [6.45, 7) is 8.12. The van der Waals surface area contributed by atoms with Crippen molar-refractivity contribution in [2.75, 3.05) is 78.9 Å². The van der Waals surface area contributed by atoms with Gasteiger partial charge in [-0.3, -0.25) is 18.3 Å². The lowest BCUT2D eigenvalue weighted by atomic mass is 10.1. The summed E-state index contributed by atoms with van der Waals surface area (Å²) in [5.41, 5.74) is 4.91. The third-order valence-corrected chi connectivity index (χ3v) is 15.1. The number of benzene rings is 4. The average Bonchev–Trinajstić information content (AvgIpc) is 4.00. The fourth-order valence-electron chi connectivity index (χ4n) is 9.00. The average molecular weight is 801 g/mol. The summed E-state index contributed by atoms with van der Waals surface area (Å²) in [6, 6.07) is 32.9. The van der Waals surface area contributed by atoms with Gasteiger partial charge in [-0.1, -0.05) is 97.1 Å². The summed E-state index contributed by atoms with van der Waals surface area (Å²) < 4.78 is 31.1. The van der Waals surface area contributed by atoms with Gasteiger partial charge in [-0.15, -0.1) is 0 Å². The van der Waals surface area contributed by atoms with Crippen LogP contribution in [0.5, 0.6) is 0 Å². The van der Waals surface area contributed by atoms with Crippen molar-refractivity contribution in [2.45, 2.75) is 0 Å². The van der Waals surface area contributed by atoms with E-state index >= 15 is 0 Å². The second-order valence-electron chi connectivity index (χ2n) is 15.3. The number of ether oxygens (including phenoxy) is 2. The summed E-state index contributed by atoms with van der Waals surface area (Å²) >= 11 is 0. The van der Waals surface area contributed by atoms with Gasteiger partial charge < -0.3 is 18.3 Å². The van der Waals surface area contributed by atoms with Crippen molar-refractivity contribution in [3.63, 3.8) is 0 Å². The van der Waals surface area contributed by atoms with Crippen molar-refractivity contribution in [3.8, 4) is 0 Å². The largest absolute Gasteiger partial charge is 0.603 e. The zero-order chi connectivity index (χ0) is 38.9. The summed E-state index contributed by atoms with van der Waals surface area (Å²) in [5, 5.41) is 3.59. The molecular formula is C44H40N10O4Si. The quantitative estimate of drug-likeness (QED) is 0.214. The van der Waals surface area contributed by atoms with E-state index in [1.807, 2.05) is 48.5 Å². The topological polar surface area (TPSA) is 127 Å². The predicted octanol–water partition coefficient (Wildman–Crippen LogP) is 4.07. The number of hydrogen-bond donors (Lipinski definition) is 0. The van der Waals surface area contributed by atoms with Gasteiger partial charge in [0.2, 0.25) is 0 Å². The van der Waals surface area contributed by atoms with Gasteiger partial charge in [0, 0.05) is 83.1 Å². The second kappa shape index (κ2) is 14.2. The Morgan fingerprint density at radius 3 is 1.24 bits per heavy atom. The molecular weight excluding hydrogens is 761 g/mol. The van der Waals surface area contributed by atoms with Crippen molar-refractivity contribution in [3.05, 3.63) is 130 Å². The molecule has 0 atom stereocenters. The van der Waals surface area contributed by atoms with Crippen LogP contribution in [-0.2, 0) is 18.3 Å². The molecule has 0 aliphatic carbocycles. The normalized spacial score (nSPS) is 19.3. The Bertz CT molecular complexity index is 2770. The highest BCUT2D eigenvalue weighted by Crippen LogP contribution is 2.43. The van der Waals surface area contributed by atoms with Crippen molar-refractivity contribution >= 4 is 65.4 Å². The minimum Gasteiger partial charge on any atom is -0.379 e. The van der Waals surface area contributed by atoms with Crippen LogP contribution in [0.2, 0.25) is 0 Å². The van der Waals surface area contributed by atoms with Gasteiger partial charge in [-0.05, 0) is 0 Å². The Hall–Kier alpha value is -5.78. The van der Waals surface area contributed by atoms with Crippen LogP contribution in [0.25, 0.3) is 21.5 Å². The van der Waals surface area contributed by atoms with Gasteiger partial charge in [0.1, 0.15) is 22.6 Å². The Labute approximate surface area is 340 Å². The van der Waals surface area contributed by atoms with Gasteiger partial charge in [-0.25, -0.2) is 30.0 Å². The SMILES string of the molecule is c1ccc2c(c1)C1=NC2=Nc2c3ccccc3c3n2[Si](OCCN2CCOCC2)(OCCN2CCOCC2)n2c(c4ccccc4c2=NC2=NC(=N3)c3ccccc32)=N1. The molecule has 12 rings (SSSR count). The van der Waals surface area contributed by atoms with Crippen LogP contribution in [0.4, 0.5) is 11.6 Å². The highest BCUT2D eigenvalue weighted by Gasteiger charge is 2.53. The molecule has 14 nitrogen and oxygen atoms in total. The summed E-state index contributed by atoms with van der Waals surface area (Å²) in [4.78, 5) is 37.3. The summed E-state index contributed by atoms with van der Waals surface area (Å²) in [6.07, 6.45) is 0. The molecule has 4 aromatic carbocycles. The lowest BCUT2D eigenvalue weighted by Crippen LogP contribution is -2.65. The van der Waals surface area contributed by atoms with E-state index in [9.17, 15) is 0 Å². The molecule has 0 unspecified atom stereocenters. The standard InChI is InChI=1S/C44H40N10O4Si/c1-2-10-30-29(9-1)37-45-38(30)48-42-35-15-7-8-16-36(35)44-50-40-32-12-4-3-11-31(32)39(46-40)49-43-34-14-6-5-13-33(34)41(47-37)53(43)59(54(42)44,57-27-21-51-17-23-55-24-18-51)58-28-22-52-19-25-56-26-20-52/h1-16H,17-28H2. The van der Waals surface area contributed by atoms with Crippen molar-refractivity contribution in [1.82, 2.24) is 18.3 Å². The molecule has 0 amide bonds. The molecule has 0 saturated carbocycles. The van der Waals surface area contributed by atoms with Gasteiger partial charge >= 0.3 is 8.88 Å². The molecule has 0 N–H and O–H groups in total. The van der Waals surface area contributed by atoms with Crippen molar-refractivity contribution < 1.29 is 18.3 Å². The molecule has 6 aromatic rings. The first kappa shape index (κ1) is 35.2. The van der Waals surface area contributed by atoms with Crippen LogP contribution in [0.3, 0.4) is 0 Å². The molecule has 2 aromatic heterocycles. The molecule has 6 aliphatic rings. The number of rotatable bonds is 8. The monoisotopic (exact) mass is 800 g/mol. The molecule has 0 radical (unpaired) electrons. The zero-order valence-corrected chi connectivity index (χ0v) is 33.3. The third kappa shape index (κ3) is 5.68. The molecule has 294 valence electrons. The number of aliphatic imine (C=N–C) groups is 4. The maximum Gasteiger partial charge on any atom is 0.603 e. The van der Waals surface area contributed by atoms with E-state index in [-0.39, 0.29) is 0 Å². The minimum atomic E-state index is -4.17. The second-order valence-corrected chi connectivity index (χ2v) is 17.8. The smallest absolute Gasteiger partial charge is 0.379 e. The molecule has 6 bridgehead atoms. The first-order valence-corrected chi connectivity index (χ1v) is 22.1. The van der Waals surface area contributed by atoms with E-state index in [1.165, 1.54) is 0 Å². The van der Waals surface area contributed by atoms with Crippen LogP contribution in [0.1, 0.15) is 22.3 Å². The Morgan fingerprint density at radius 1 is 0.441 bits per heavy atom. The van der Waals surface area contributed by atoms with Gasteiger partial charge in [-0.2, -0.15) is 0 Å². The van der Waals surface area contributed by atoms with Crippen LogP contribution in [0.15, 0.2) is 127 Å². The molecule has 2 saturated heterocycles. The number of morpholine rings is 2. The number of fused-ring (bicyclic) bond motifs is 14. The van der Waals surface area contributed by atoms with Gasteiger partial charge in [0.25, 0.3) is 0 Å². The lowest BCUT2D eigenvalue weighted by molar-refractivity contribution is 0.0215. The molecule has 2 fully saturated rings. The lowest BCUT2D eigenvalue weighted by Gasteiger charge is -2.35. The Morgan fingerprint density at radius 2 is 0.814 bits per heavy atom. The van der Waals surface area contributed by atoms with Crippen LogP contribution in [0, 0.1) is 0 Å². The van der Waals surface area contributed by atoms with Crippen LogP contribution >= 0.6 is 0 Å². The molecule has 15 heteroatoms. The Balaban J connectivity index is 1.24. The highest BCUT2D eigenvalue weighted by atomic mass is 28.4. The number of nitrogens with zero attached hydrogens (tertiary/aromatic N) is 10. The van der Waals surface area contributed by atoms with E-state index in [4.69, 9.17) is 48.3 Å². The number of aromatic nitrogens is 2. The van der Waals surface area contributed by atoms with E-state index in [0.717, 1.165) is 70.0 Å². The first-order valence-electron chi connectivity index (χ1n) is 20.4. The molecule has 59 heavy (non-hydrogen) atoms. The maximum absolute atomic E-state index is 7.67. The first-order chi connectivity index (χ1) is 29.2. The highest BCUT2D eigenvalue weighted by molar-refractivity contribution is 6.66. The third-order valence-electron chi connectivity index (χ3n) is 11.9. The fourth-order valence-corrected chi connectivity index (χ4v) is 12.3. The van der Waals surface area contributed by atoms with E-state index < -0.39 is 8.88 Å².